The van der Waals surface area contributed by atoms with E-state index >= 15 is 0 Å². The predicted octanol–water partition coefficient (Wildman–Crippen LogP) is 1.29. The number of nitrogens with one attached hydrogen (secondary N) is 3. The summed E-state index contributed by atoms with van der Waals surface area (Å²) in [6.45, 7) is 8.36. The molecular weight excluding hydrogens is 454 g/mol. The van der Waals surface area contributed by atoms with Crippen LogP contribution in [0.3, 0.4) is 0 Å². The average Bonchev–Trinajstić information content (AvgIpc) is 3.04. The second-order valence-corrected chi connectivity index (χ2v) is 13.4. The first kappa shape index (κ1) is 24.6. The van der Waals surface area contributed by atoms with Crippen molar-refractivity contribution in [2.45, 2.75) is 66.4 Å². The van der Waals surface area contributed by atoms with Crippen LogP contribution in [0, 0.1) is 0 Å². The Morgan fingerprint density at radius 1 is 1.30 bits per heavy atom. The summed E-state index contributed by atoms with van der Waals surface area (Å²) < 4.78 is 57.0. The molecule has 0 saturated heterocycles. The Labute approximate surface area is 180 Å². The molecule has 10 nitrogen and oxygen atoms in total. The van der Waals surface area contributed by atoms with Crippen LogP contribution >= 0.6 is 11.3 Å². The Balaban J connectivity index is 2.18. The van der Waals surface area contributed by atoms with Crippen LogP contribution in [0.2, 0.25) is 0 Å². The molecule has 0 saturated carbocycles. The van der Waals surface area contributed by atoms with Crippen LogP contribution < -0.4 is 15.4 Å². The van der Waals surface area contributed by atoms with Crippen molar-refractivity contribution in [1.29, 1.82) is 0 Å². The highest BCUT2D eigenvalue weighted by atomic mass is 32.3. The number of amides is 2. The minimum absolute atomic E-state index is 0.00750. The summed E-state index contributed by atoms with van der Waals surface area (Å²) in [6.07, 6.45) is -0.541. The van der Waals surface area contributed by atoms with Crippen molar-refractivity contribution in [3.8, 4) is 0 Å². The summed E-state index contributed by atoms with van der Waals surface area (Å²) in [7, 11) is -7.96. The molecule has 0 aromatic carbocycles. The smallest absolute Gasteiger partial charge is 0.408 e. The Bertz CT molecular complexity index is 1020. The van der Waals surface area contributed by atoms with Crippen molar-refractivity contribution in [2.24, 2.45) is 0 Å². The van der Waals surface area contributed by atoms with Crippen molar-refractivity contribution in [3.63, 3.8) is 0 Å². The second kappa shape index (κ2) is 8.81. The number of hydrogen-bond donors (Lipinski definition) is 3. The highest BCUT2D eigenvalue weighted by Gasteiger charge is 2.39. The number of thiophene rings is 1. The fraction of sp³-hybridized carbons (Fsp3) is 0.647. The van der Waals surface area contributed by atoms with E-state index in [-0.39, 0.29) is 14.5 Å². The summed E-state index contributed by atoms with van der Waals surface area (Å²) in [5.74, 6) is -0.980. The molecule has 0 unspecified atom stereocenters. The molecule has 2 heterocycles. The fourth-order valence-electron chi connectivity index (χ4n) is 2.87. The van der Waals surface area contributed by atoms with Crippen LogP contribution in [-0.2, 0) is 29.4 Å². The maximum atomic E-state index is 12.6. The molecule has 1 aliphatic heterocycles. The molecule has 0 radical (unpaired) electrons. The van der Waals surface area contributed by atoms with E-state index in [9.17, 15) is 26.4 Å². The zero-order valence-electron chi connectivity index (χ0n) is 17.4. The third-order valence-electron chi connectivity index (χ3n) is 4.19. The number of sulfone groups is 1. The molecule has 0 fully saturated rings. The largest absolute Gasteiger partial charge is 0.444 e. The van der Waals surface area contributed by atoms with Gasteiger partial charge in [0, 0.05) is 11.6 Å². The van der Waals surface area contributed by atoms with Gasteiger partial charge in [-0.2, -0.15) is 0 Å². The van der Waals surface area contributed by atoms with Gasteiger partial charge < -0.3 is 15.4 Å². The van der Waals surface area contributed by atoms with Gasteiger partial charge in [-0.25, -0.2) is 26.4 Å². The summed E-state index contributed by atoms with van der Waals surface area (Å²) in [4.78, 5) is 23.6. The maximum Gasteiger partial charge on any atom is 0.408 e. The first-order valence-electron chi connectivity index (χ1n) is 9.31. The van der Waals surface area contributed by atoms with Gasteiger partial charge in [0.1, 0.15) is 20.6 Å². The molecule has 1 aliphatic rings. The highest BCUT2D eigenvalue weighted by molar-refractivity contribution is 7.95. The Morgan fingerprint density at radius 2 is 1.93 bits per heavy atom. The number of rotatable bonds is 6. The molecule has 1 aromatic heterocycles. The van der Waals surface area contributed by atoms with E-state index < -0.39 is 49.3 Å². The molecule has 30 heavy (non-hydrogen) atoms. The number of carbonyl (C=O) groups excluding carboxylic acids is 2. The van der Waals surface area contributed by atoms with Gasteiger partial charge in [-0.3, -0.25) is 4.79 Å². The van der Waals surface area contributed by atoms with E-state index in [1.54, 1.807) is 27.7 Å². The van der Waals surface area contributed by atoms with E-state index in [1.165, 1.54) is 6.07 Å². The molecule has 170 valence electrons. The zero-order valence-corrected chi connectivity index (χ0v) is 19.9. The van der Waals surface area contributed by atoms with Crippen LogP contribution in [0.15, 0.2) is 14.5 Å². The minimum atomic E-state index is -4.31. The standard InChI is InChI=1S/C17H27N3O7S3/c1-6-18-12-7-10(2)29(23,24)15-11(12)8-14(28-15)30(25,26)20-13(21)9-19-16(22)27-17(3,4)5/h8,10,12,18H,6-7,9H2,1-5H3,(H,19,22)(H,20,21)/t10-,12-/m0/s1. The summed E-state index contributed by atoms with van der Waals surface area (Å²) in [5, 5.41) is 4.67. The number of ether oxygens (including phenoxy) is 1. The molecule has 0 spiro atoms. The lowest BCUT2D eigenvalue weighted by Crippen LogP contribution is -2.41. The van der Waals surface area contributed by atoms with Gasteiger partial charge in [0.25, 0.3) is 15.9 Å². The van der Waals surface area contributed by atoms with Crippen molar-refractivity contribution >= 4 is 43.2 Å². The summed E-state index contributed by atoms with van der Waals surface area (Å²) in [5.41, 5.74) is -0.381. The van der Waals surface area contributed by atoms with Crippen molar-refractivity contribution in [2.75, 3.05) is 13.1 Å². The number of sulfonamides is 1. The molecule has 2 rings (SSSR count). The zero-order chi connectivity index (χ0) is 22.9. The monoisotopic (exact) mass is 481 g/mol. The topological polar surface area (TPSA) is 148 Å². The van der Waals surface area contributed by atoms with Gasteiger partial charge >= 0.3 is 6.09 Å². The predicted molar refractivity (Wildman–Crippen MR) is 112 cm³/mol. The van der Waals surface area contributed by atoms with Crippen LogP contribution in [0.4, 0.5) is 4.79 Å². The lowest BCUT2D eigenvalue weighted by Gasteiger charge is -2.27. The molecule has 2 amide bonds. The fourth-order valence-corrected chi connectivity index (χ4v) is 7.86. The lowest BCUT2D eigenvalue weighted by molar-refractivity contribution is -0.118. The quantitative estimate of drug-likeness (QED) is 0.551. The van der Waals surface area contributed by atoms with E-state index in [1.807, 2.05) is 11.6 Å². The summed E-state index contributed by atoms with van der Waals surface area (Å²) >= 11 is 0.614. The maximum absolute atomic E-state index is 12.6. The third-order valence-corrected chi connectivity index (χ3v) is 9.93. The molecule has 13 heteroatoms. The number of fused-ring (bicyclic) bond motifs is 1. The van der Waals surface area contributed by atoms with Crippen molar-refractivity contribution < 1.29 is 31.2 Å². The first-order valence-corrected chi connectivity index (χ1v) is 13.2. The Hall–Kier alpha value is -1.70. The van der Waals surface area contributed by atoms with Crippen LogP contribution in [0.25, 0.3) is 0 Å². The van der Waals surface area contributed by atoms with E-state index in [2.05, 4.69) is 10.6 Å². The Morgan fingerprint density at radius 3 is 2.50 bits per heavy atom. The van der Waals surface area contributed by atoms with Crippen molar-refractivity contribution in [3.05, 3.63) is 11.6 Å². The van der Waals surface area contributed by atoms with E-state index in [0.717, 1.165) is 0 Å². The van der Waals surface area contributed by atoms with Gasteiger partial charge in [0.15, 0.2) is 9.84 Å². The van der Waals surface area contributed by atoms with E-state index in [0.29, 0.717) is 29.9 Å². The molecular formula is C17H27N3O7S3. The average molecular weight is 482 g/mol. The molecule has 2 atom stereocenters. The van der Waals surface area contributed by atoms with Crippen molar-refractivity contribution in [1.82, 2.24) is 15.4 Å². The van der Waals surface area contributed by atoms with E-state index in [4.69, 9.17) is 4.74 Å². The first-order chi connectivity index (χ1) is 13.7. The number of alkyl carbamates (subject to hydrolysis) is 1. The highest BCUT2D eigenvalue weighted by Crippen LogP contribution is 2.42. The molecule has 3 N–H and O–H groups in total. The van der Waals surface area contributed by atoms with Gasteiger partial charge in [-0.1, -0.05) is 6.92 Å². The summed E-state index contributed by atoms with van der Waals surface area (Å²) in [6, 6.07) is 0.987. The van der Waals surface area contributed by atoms with Gasteiger partial charge in [-0.05, 0) is 46.7 Å². The number of carbonyl (C=O) groups is 2. The van der Waals surface area contributed by atoms with Crippen LogP contribution in [0.5, 0.6) is 0 Å². The van der Waals surface area contributed by atoms with Gasteiger partial charge in [0.2, 0.25) is 0 Å². The third kappa shape index (κ3) is 5.71. The van der Waals surface area contributed by atoms with Gasteiger partial charge in [-0.15, -0.1) is 11.3 Å². The van der Waals surface area contributed by atoms with Crippen LogP contribution in [0.1, 0.15) is 52.6 Å². The Kier molecular flexibility index (Phi) is 7.21. The molecule has 0 bridgehead atoms. The molecule has 1 aromatic rings. The minimum Gasteiger partial charge on any atom is -0.444 e. The second-order valence-electron chi connectivity index (χ2n) is 7.89. The lowest BCUT2D eigenvalue weighted by atomic mass is 10.1. The SMILES string of the molecule is CCN[C@H]1C[C@H](C)S(=O)(=O)c2sc(S(=O)(=O)NC(=O)CNC(=O)OC(C)(C)C)cc21. The normalized spacial score (nSPS) is 20.8. The van der Waals surface area contributed by atoms with Crippen LogP contribution in [-0.4, -0.2) is 52.8 Å². The van der Waals surface area contributed by atoms with Gasteiger partial charge in [0.05, 0.1) is 5.25 Å². The molecule has 0 aliphatic carbocycles. The number of hydrogen-bond acceptors (Lipinski definition) is 9.